The molecule has 3 heterocycles. The predicted octanol–water partition coefficient (Wildman–Crippen LogP) is 3.44. The SMILES string of the molecule is O=C(CCSCc1nc2sc3c(c2c(=O)[nH]1)CCC3)N1CCN(Cc2ccccc2)CC1. The number of piperazine rings is 1. The van der Waals surface area contributed by atoms with Gasteiger partial charge in [-0.3, -0.25) is 14.5 Å². The highest BCUT2D eigenvalue weighted by Crippen LogP contribution is 2.34. The number of thioether (sulfide) groups is 1. The maximum Gasteiger partial charge on any atom is 0.259 e. The summed E-state index contributed by atoms with van der Waals surface area (Å²) in [6, 6.07) is 10.5. The van der Waals surface area contributed by atoms with Crippen LogP contribution in [0.25, 0.3) is 10.2 Å². The zero-order valence-electron chi connectivity index (χ0n) is 18.1. The molecule has 1 aromatic carbocycles. The molecule has 1 aliphatic heterocycles. The minimum atomic E-state index is -0.00514. The number of H-pyrrole nitrogens is 1. The minimum Gasteiger partial charge on any atom is -0.340 e. The van der Waals surface area contributed by atoms with Gasteiger partial charge in [0.05, 0.1) is 11.1 Å². The Morgan fingerprint density at radius 3 is 2.75 bits per heavy atom. The van der Waals surface area contributed by atoms with Crippen molar-refractivity contribution >= 4 is 39.2 Å². The Labute approximate surface area is 196 Å². The molecule has 0 saturated carbocycles. The van der Waals surface area contributed by atoms with E-state index in [0.29, 0.717) is 12.2 Å². The molecule has 2 aliphatic rings. The van der Waals surface area contributed by atoms with Crippen molar-refractivity contribution in [3.8, 4) is 0 Å². The molecule has 32 heavy (non-hydrogen) atoms. The first kappa shape index (κ1) is 21.7. The van der Waals surface area contributed by atoms with Crippen molar-refractivity contribution in [3.63, 3.8) is 0 Å². The standard InChI is InChI=1S/C24H28N4O2S2/c29-21(28-12-10-27(11-13-28)15-17-5-2-1-3-6-17)9-14-31-16-20-25-23(30)22-18-7-4-8-19(18)32-24(22)26-20/h1-3,5-6H,4,7-16H2,(H,25,26,30). The lowest BCUT2D eigenvalue weighted by Gasteiger charge is -2.34. The number of fused-ring (bicyclic) bond motifs is 3. The number of benzene rings is 1. The van der Waals surface area contributed by atoms with Crippen LogP contribution in [0.3, 0.4) is 0 Å². The van der Waals surface area contributed by atoms with Crippen LogP contribution in [0.2, 0.25) is 0 Å². The third kappa shape index (κ3) is 4.77. The van der Waals surface area contributed by atoms with E-state index < -0.39 is 0 Å². The molecule has 0 spiro atoms. The summed E-state index contributed by atoms with van der Waals surface area (Å²) in [5.41, 5.74) is 2.53. The van der Waals surface area contributed by atoms with E-state index in [2.05, 4.69) is 39.1 Å². The van der Waals surface area contributed by atoms with Gasteiger partial charge in [-0.2, -0.15) is 11.8 Å². The molecule has 1 saturated heterocycles. The van der Waals surface area contributed by atoms with Crippen molar-refractivity contribution < 1.29 is 4.79 Å². The number of thiophene rings is 1. The van der Waals surface area contributed by atoms with E-state index in [1.807, 2.05) is 11.0 Å². The summed E-state index contributed by atoms with van der Waals surface area (Å²) in [5, 5.41) is 0.804. The maximum atomic E-state index is 12.6. The highest BCUT2D eigenvalue weighted by atomic mass is 32.2. The lowest BCUT2D eigenvalue weighted by molar-refractivity contribution is -0.132. The van der Waals surface area contributed by atoms with E-state index in [4.69, 9.17) is 0 Å². The molecule has 1 amide bonds. The normalized spacial score (nSPS) is 16.6. The van der Waals surface area contributed by atoms with E-state index in [9.17, 15) is 9.59 Å². The summed E-state index contributed by atoms with van der Waals surface area (Å²) in [4.78, 5) is 39.4. The first-order chi connectivity index (χ1) is 15.7. The number of carbonyl (C=O) groups is 1. The zero-order chi connectivity index (χ0) is 21.9. The van der Waals surface area contributed by atoms with E-state index in [1.54, 1.807) is 23.1 Å². The van der Waals surface area contributed by atoms with Gasteiger partial charge < -0.3 is 9.88 Å². The van der Waals surface area contributed by atoms with Crippen LogP contribution in [0, 0.1) is 0 Å². The van der Waals surface area contributed by atoms with Gasteiger partial charge >= 0.3 is 0 Å². The van der Waals surface area contributed by atoms with Crippen molar-refractivity contribution in [1.29, 1.82) is 0 Å². The summed E-state index contributed by atoms with van der Waals surface area (Å²) in [7, 11) is 0. The lowest BCUT2D eigenvalue weighted by atomic mass is 10.2. The monoisotopic (exact) mass is 468 g/mol. The lowest BCUT2D eigenvalue weighted by Crippen LogP contribution is -2.48. The van der Waals surface area contributed by atoms with Gasteiger partial charge in [0.25, 0.3) is 5.56 Å². The molecule has 0 atom stereocenters. The molecule has 2 aromatic heterocycles. The van der Waals surface area contributed by atoms with Gasteiger partial charge in [-0.25, -0.2) is 4.98 Å². The molecule has 3 aromatic rings. The Balaban J connectivity index is 1.06. The smallest absolute Gasteiger partial charge is 0.259 e. The van der Waals surface area contributed by atoms with Crippen molar-refractivity contribution in [1.82, 2.24) is 19.8 Å². The number of rotatable bonds is 7. The number of hydrogen-bond acceptors (Lipinski definition) is 6. The average molecular weight is 469 g/mol. The van der Waals surface area contributed by atoms with E-state index in [-0.39, 0.29) is 11.5 Å². The van der Waals surface area contributed by atoms with Crippen LogP contribution in [0.4, 0.5) is 0 Å². The Hall–Kier alpha value is -2.16. The molecule has 1 N–H and O–H groups in total. The number of aromatic nitrogens is 2. The molecule has 1 aliphatic carbocycles. The molecule has 0 bridgehead atoms. The molecule has 6 nitrogen and oxygen atoms in total. The van der Waals surface area contributed by atoms with E-state index in [0.717, 1.165) is 73.8 Å². The number of carbonyl (C=O) groups excluding carboxylic acids is 1. The van der Waals surface area contributed by atoms with Crippen LogP contribution in [0.5, 0.6) is 0 Å². The maximum absolute atomic E-state index is 12.6. The first-order valence-electron chi connectivity index (χ1n) is 11.3. The fraction of sp³-hybridized carbons (Fsp3) is 0.458. The summed E-state index contributed by atoms with van der Waals surface area (Å²) in [6.07, 6.45) is 3.74. The number of nitrogens with one attached hydrogen (secondary N) is 1. The van der Waals surface area contributed by atoms with Crippen LogP contribution < -0.4 is 5.56 Å². The largest absolute Gasteiger partial charge is 0.340 e. The second-order valence-electron chi connectivity index (χ2n) is 8.50. The molecular formula is C24H28N4O2S2. The van der Waals surface area contributed by atoms with Crippen molar-refractivity contribution in [2.45, 2.75) is 38.0 Å². The quantitative estimate of drug-likeness (QED) is 0.538. The van der Waals surface area contributed by atoms with Crippen LogP contribution >= 0.6 is 23.1 Å². The van der Waals surface area contributed by atoms with Gasteiger partial charge in [0.2, 0.25) is 5.91 Å². The van der Waals surface area contributed by atoms with Crippen molar-refractivity contribution in [2.24, 2.45) is 0 Å². The Kier molecular flexibility index (Phi) is 6.62. The summed E-state index contributed by atoms with van der Waals surface area (Å²) in [5.74, 6) is 2.32. The topological polar surface area (TPSA) is 69.3 Å². The van der Waals surface area contributed by atoms with Gasteiger partial charge in [0, 0.05) is 49.8 Å². The highest BCUT2D eigenvalue weighted by Gasteiger charge is 2.22. The Morgan fingerprint density at radius 2 is 1.94 bits per heavy atom. The second kappa shape index (κ2) is 9.77. The van der Waals surface area contributed by atoms with E-state index in [1.165, 1.54) is 16.0 Å². The second-order valence-corrected chi connectivity index (χ2v) is 10.7. The zero-order valence-corrected chi connectivity index (χ0v) is 19.8. The summed E-state index contributed by atoms with van der Waals surface area (Å²) >= 11 is 3.34. The average Bonchev–Trinajstić information content (AvgIpc) is 3.39. The molecular weight excluding hydrogens is 440 g/mol. The fourth-order valence-electron chi connectivity index (χ4n) is 4.60. The molecule has 1 fully saturated rings. The third-order valence-electron chi connectivity index (χ3n) is 6.30. The number of amides is 1. The van der Waals surface area contributed by atoms with Crippen molar-refractivity contribution in [3.05, 3.63) is 62.5 Å². The molecule has 5 rings (SSSR count). The van der Waals surface area contributed by atoms with Gasteiger partial charge in [-0.05, 0) is 30.4 Å². The number of aryl methyl sites for hydroxylation is 2. The van der Waals surface area contributed by atoms with Crippen LogP contribution in [-0.4, -0.2) is 57.6 Å². The van der Waals surface area contributed by atoms with Gasteiger partial charge in [-0.1, -0.05) is 30.3 Å². The highest BCUT2D eigenvalue weighted by molar-refractivity contribution is 7.98. The van der Waals surface area contributed by atoms with Gasteiger partial charge in [-0.15, -0.1) is 11.3 Å². The first-order valence-corrected chi connectivity index (χ1v) is 13.3. The fourth-order valence-corrected chi connectivity index (χ4v) is 6.67. The summed E-state index contributed by atoms with van der Waals surface area (Å²) < 4.78 is 0. The van der Waals surface area contributed by atoms with Crippen molar-refractivity contribution in [2.75, 3.05) is 31.9 Å². The van der Waals surface area contributed by atoms with Crippen LogP contribution in [-0.2, 0) is 29.9 Å². The van der Waals surface area contributed by atoms with Gasteiger partial charge in [0.15, 0.2) is 0 Å². The van der Waals surface area contributed by atoms with Gasteiger partial charge in [0.1, 0.15) is 10.7 Å². The molecule has 8 heteroatoms. The third-order valence-corrected chi connectivity index (χ3v) is 8.45. The number of nitrogens with zero attached hydrogens (tertiary/aromatic N) is 3. The Morgan fingerprint density at radius 1 is 1.12 bits per heavy atom. The number of aromatic amines is 1. The van der Waals surface area contributed by atoms with Crippen LogP contribution in [0.1, 0.15) is 34.7 Å². The molecule has 0 radical (unpaired) electrons. The summed E-state index contributed by atoms with van der Waals surface area (Å²) in [6.45, 7) is 4.38. The van der Waals surface area contributed by atoms with E-state index >= 15 is 0 Å². The van der Waals surface area contributed by atoms with Crippen LogP contribution in [0.15, 0.2) is 35.1 Å². The predicted molar refractivity (Wildman–Crippen MR) is 131 cm³/mol. The molecule has 0 unspecified atom stereocenters. The number of hydrogen-bond donors (Lipinski definition) is 1. The Bertz CT molecular complexity index is 1150. The molecule has 168 valence electrons. The minimum absolute atomic E-state index is 0.00514.